The Morgan fingerprint density at radius 1 is 1.10 bits per heavy atom. The Bertz CT molecular complexity index is 678. The highest BCUT2D eigenvalue weighted by Crippen LogP contribution is 2.24. The van der Waals surface area contributed by atoms with Gasteiger partial charge < -0.3 is 5.32 Å². The first-order valence-electron chi connectivity index (χ1n) is 6.29. The van der Waals surface area contributed by atoms with Crippen molar-refractivity contribution in [1.29, 1.82) is 0 Å². The summed E-state index contributed by atoms with van der Waals surface area (Å²) in [6.07, 6.45) is 1.80. The summed E-state index contributed by atoms with van der Waals surface area (Å²) in [5.41, 5.74) is 3.18. The quantitative estimate of drug-likeness (QED) is 0.759. The van der Waals surface area contributed by atoms with Crippen molar-refractivity contribution >= 4 is 17.0 Å². The maximum Gasteiger partial charge on any atom is 0.123 e. The Kier molecular flexibility index (Phi) is 3.74. The lowest BCUT2D eigenvalue weighted by Crippen LogP contribution is -1.99. The zero-order valence-corrected chi connectivity index (χ0v) is 11.5. The van der Waals surface area contributed by atoms with E-state index in [0.717, 1.165) is 21.8 Å². The molecule has 0 aliphatic heterocycles. The third kappa shape index (κ3) is 3.03. The van der Waals surface area contributed by atoms with Crippen LogP contribution in [0.4, 0.5) is 10.1 Å². The molecule has 0 radical (unpaired) electrons. The van der Waals surface area contributed by atoms with Crippen molar-refractivity contribution in [3.63, 3.8) is 0 Å². The number of halogens is 1. The van der Waals surface area contributed by atoms with Gasteiger partial charge in [-0.25, -0.2) is 9.37 Å². The molecule has 0 fully saturated rings. The molecule has 100 valence electrons. The summed E-state index contributed by atoms with van der Waals surface area (Å²) in [4.78, 5) is 4.30. The molecule has 0 saturated carbocycles. The standard InChI is InChI=1S/C16H13FN2S/c17-14-6-4-12(5-7-14)11-19-15-3-1-2-13(10-15)16-18-8-9-20-16/h1-10,19H,11H2. The van der Waals surface area contributed by atoms with Crippen molar-refractivity contribution in [2.45, 2.75) is 6.54 Å². The van der Waals surface area contributed by atoms with E-state index in [1.54, 1.807) is 29.7 Å². The number of hydrogen-bond acceptors (Lipinski definition) is 3. The average Bonchev–Trinajstić information content (AvgIpc) is 3.01. The highest BCUT2D eigenvalue weighted by molar-refractivity contribution is 7.13. The molecule has 0 atom stereocenters. The topological polar surface area (TPSA) is 24.9 Å². The number of nitrogens with zero attached hydrogens (tertiary/aromatic N) is 1. The lowest BCUT2D eigenvalue weighted by atomic mass is 10.2. The van der Waals surface area contributed by atoms with Crippen molar-refractivity contribution in [2.24, 2.45) is 0 Å². The van der Waals surface area contributed by atoms with Crippen LogP contribution in [0.2, 0.25) is 0 Å². The number of rotatable bonds is 4. The van der Waals surface area contributed by atoms with Crippen LogP contribution in [0.25, 0.3) is 10.6 Å². The van der Waals surface area contributed by atoms with Gasteiger partial charge in [-0.3, -0.25) is 0 Å². The molecular formula is C16H13FN2S. The average molecular weight is 284 g/mol. The summed E-state index contributed by atoms with van der Waals surface area (Å²) in [7, 11) is 0. The first-order chi connectivity index (χ1) is 9.81. The monoisotopic (exact) mass is 284 g/mol. The lowest BCUT2D eigenvalue weighted by molar-refractivity contribution is 0.627. The highest BCUT2D eigenvalue weighted by Gasteiger charge is 2.01. The number of benzene rings is 2. The van der Waals surface area contributed by atoms with E-state index in [-0.39, 0.29) is 5.82 Å². The largest absolute Gasteiger partial charge is 0.381 e. The fourth-order valence-electron chi connectivity index (χ4n) is 1.93. The molecule has 0 bridgehead atoms. The zero-order valence-electron chi connectivity index (χ0n) is 10.7. The van der Waals surface area contributed by atoms with Gasteiger partial charge in [0, 0.05) is 29.4 Å². The van der Waals surface area contributed by atoms with Crippen LogP contribution < -0.4 is 5.32 Å². The van der Waals surface area contributed by atoms with Crippen LogP contribution >= 0.6 is 11.3 Å². The summed E-state index contributed by atoms with van der Waals surface area (Å²) >= 11 is 1.62. The summed E-state index contributed by atoms with van der Waals surface area (Å²) in [5.74, 6) is -0.209. The second-order valence-electron chi connectivity index (χ2n) is 4.40. The number of thiazole rings is 1. The van der Waals surface area contributed by atoms with Crippen LogP contribution in [0.5, 0.6) is 0 Å². The van der Waals surface area contributed by atoms with Crippen LogP contribution in [0, 0.1) is 5.82 Å². The van der Waals surface area contributed by atoms with Crippen molar-refractivity contribution in [3.8, 4) is 10.6 Å². The van der Waals surface area contributed by atoms with E-state index >= 15 is 0 Å². The van der Waals surface area contributed by atoms with Gasteiger partial charge in [-0.15, -0.1) is 11.3 Å². The molecule has 2 nitrogen and oxygen atoms in total. The minimum Gasteiger partial charge on any atom is -0.381 e. The van der Waals surface area contributed by atoms with Gasteiger partial charge in [0.1, 0.15) is 10.8 Å². The van der Waals surface area contributed by atoms with E-state index in [0.29, 0.717) is 6.54 Å². The number of aromatic nitrogens is 1. The van der Waals surface area contributed by atoms with Crippen LogP contribution in [0.1, 0.15) is 5.56 Å². The normalized spacial score (nSPS) is 10.4. The number of hydrogen-bond donors (Lipinski definition) is 1. The van der Waals surface area contributed by atoms with Crippen molar-refractivity contribution in [3.05, 3.63) is 71.5 Å². The molecule has 3 aromatic rings. The van der Waals surface area contributed by atoms with Gasteiger partial charge in [0.2, 0.25) is 0 Å². The zero-order chi connectivity index (χ0) is 13.8. The Hall–Kier alpha value is -2.20. The Morgan fingerprint density at radius 3 is 2.70 bits per heavy atom. The van der Waals surface area contributed by atoms with Gasteiger partial charge in [-0.2, -0.15) is 0 Å². The molecule has 0 saturated heterocycles. The number of anilines is 1. The molecule has 2 aromatic carbocycles. The highest BCUT2D eigenvalue weighted by atomic mass is 32.1. The predicted molar refractivity (Wildman–Crippen MR) is 81.3 cm³/mol. The molecule has 0 spiro atoms. The maximum atomic E-state index is 12.8. The van der Waals surface area contributed by atoms with Gasteiger partial charge in [0.25, 0.3) is 0 Å². The van der Waals surface area contributed by atoms with Crippen molar-refractivity contribution in [1.82, 2.24) is 4.98 Å². The third-order valence-corrected chi connectivity index (χ3v) is 3.77. The van der Waals surface area contributed by atoms with Gasteiger partial charge in [-0.05, 0) is 29.8 Å². The van der Waals surface area contributed by atoms with Crippen molar-refractivity contribution < 1.29 is 4.39 Å². The molecule has 1 N–H and O–H groups in total. The molecular weight excluding hydrogens is 271 g/mol. The van der Waals surface area contributed by atoms with Gasteiger partial charge in [0.15, 0.2) is 0 Å². The lowest BCUT2D eigenvalue weighted by Gasteiger charge is -2.07. The van der Waals surface area contributed by atoms with Crippen molar-refractivity contribution in [2.75, 3.05) is 5.32 Å². The van der Waals surface area contributed by atoms with Gasteiger partial charge in [-0.1, -0.05) is 24.3 Å². The summed E-state index contributed by atoms with van der Waals surface area (Å²) in [6, 6.07) is 14.7. The second kappa shape index (κ2) is 5.84. The predicted octanol–water partition coefficient (Wildman–Crippen LogP) is 4.56. The molecule has 20 heavy (non-hydrogen) atoms. The molecule has 0 aliphatic carbocycles. The van der Waals surface area contributed by atoms with E-state index in [2.05, 4.69) is 16.4 Å². The third-order valence-electron chi connectivity index (χ3n) is 2.95. The SMILES string of the molecule is Fc1ccc(CNc2cccc(-c3nccs3)c2)cc1. The first-order valence-corrected chi connectivity index (χ1v) is 7.17. The molecule has 3 rings (SSSR count). The fraction of sp³-hybridized carbons (Fsp3) is 0.0625. The van der Waals surface area contributed by atoms with Crippen LogP contribution in [-0.4, -0.2) is 4.98 Å². The van der Waals surface area contributed by atoms with Crippen LogP contribution in [0.15, 0.2) is 60.1 Å². The molecule has 1 heterocycles. The Labute approximate surface area is 120 Å². The van der Waals surface area contributed by atoms with Gasteiger partial charge in [0.05, 0.1) is 0 Å². The summed E-state index contributed by atoms with van der Waals surface area (Å²) in [6.45, 7) is 0.668. The van der Waals surface area contributed by atoms with E-state index in [1.807, 2.05) is 23.6 Å². The maximum absolute atomic E-state index is 12.8. The molecule has 0 unspecified atom stereocenters. The van der Waals surface area contributed by atoms with E-state index in [4.69, 9.17) is 0 Å². The molecule has 4 heteroatoms. The molecule has 0 amide bonds. The first kappa shape index (κ1) is 12.8. The van der Waals surface area contributed by atoms with E-state index < -0.39 is 0 Å². The molecule has 0 aliphatic rings. The number of nitrogens with one attached hydrogen (secondary N) is 1. The van der Waals surface area contributed by atoms with E-state index in [1.165, 1.54) is 12.1 Å². The summed E-state index contributed by atoms with van der Waals surface area (Å²) < 4.78 is 12.8. The van der Waals surface area contributed by atoms with Crippen LogP contribution in [0.3, 0.4) is 0 Å². The van der Waals surface area contributed by atoms with E-state index in [9.17, 15) is 4.39 Å². The Morgan fingerprint density at radius 2 is 1.95 bits per heavy atom. The minimum atomic E-state index is -0.209. The second-order valence-corrected chi connectivity index (χ2v) is 5.29. The fourth-order valence-corrected chi connectivity index (χ4v) is 2.57. The smallest absolute Gasteiger partial charge is 0.123 e. The minimum absolute atomic E-state index is 0.209. The Balaban J connectivity index is 1.72. The molecule has 1 aromatic heterocycles. The summed E-state index contributed by atoms with van der Waals surface area (Å²) in [5, 5.41) is 6.31. The van der Waals surface area contributed by atoms with Crippen LogP contribution in [-0.2, 0) is 6.54 Å². The van der Waals surface area contributed by atoms with Gasteiger partial charge >= 0.3 is 0 Å².